The first-order valence-corrected chi connectivity index (χ1v) is 13.5. The van der Waals surface area contributed by atoms with E-state index in [2.05, 4.69) is 61.7 Å². The van der Waals surface area contributed by atoms with Crippen LogP contribution >= 0.6 is 0 Å². The summed E-state index contributed by atoms with van der Waals surface area (Å²) < 4.78 is 39.2. The van der Waals surface area contributed by atoms with Crippen molar-refractivity contribution in [3.05, 3.63) is 63.2 Å². The number of alkyl halides is 3. The predicted molar refractivity (Wildman–Crippen MR) is 155 cm³/mol. The highest BCUT2D eigenvalue weighted by atomic mass is 19.4. The van der Waals surface area contributed by atoms with E-state index in [1.54, 1.807) is 6.07 Å². The molecule has 0 saturated carbocycles. The van der Waals surface area contributed by atoms with Gasteiger partial charge in [-0.25, -0.2) is 0 Å². The van der Waals surface area contributed by atoms with Crippen LogP contribution in [0.5, 0.6) is 0 Å². The monoisotopic (exact) mass is 532 g/mol. The molecule has 7 heteroatoms. The molecule has 1 aliphatic rings. The second kappa shape index (κ2) is 15.1. The van der Waals surface area contributed by atoms with Crippen molar-refractivity contribution in [1.82, 2.24) is 15.1 Å². The number of halogens is 3. The summed E-state index contributed by atoms with van der Waals surface area (Å²) in [6, 6.07) is 4.18. The van der Waals surface area contributed by atoms with Crippen LogP contribution in [0.15, 0.2) is 30.4 Å². The van der Waals surface area contributed by atoms with Crippen LogP contribution in [0.2, 0.25) is 0 Å². The lowest BCUT2D eigenvalue weighted by atomic mass is 9.76. The van der Waals surface area contributed by atoms with Crippen LogP contribution in [0.4, 0.5) is 19.0 Å². The van der Waals surface area contributed by atoms with Crippen LogP contribution in [-0.4, -0.2) is 35.2 Å². The van der Waals surface area contributed by atoms with Crippen molar-refractivity contribution in [2.75, 3.05) is 25.5 Å². The lowest BCUT2D eigenvalue weighted by Gasteiger charge is -2.48. The fourth-order valence-electron chi connectivity index (χ4n) is 4.60. The fourth-order valence-corrected chi connectivity index (χ4v) is 4.60. The summed E-state index contributed by atoms with van der Waals surface area (Å²) in [4.78, 5) is 2.40. The SMILES string of the molecule is C=C(C)/C=c1/c(NCc2cccc(C(F)(F)F)c2C)nnc(C)/c1=C/C.CCC.CCC1(CC)CN(C)C1. The molecule has 1 aromatic carbocycles. The van der Waals surface area contributed by atoms with E-state index < -0.39 is 11.7 Å². The molecule has 1 fully saturated rings. The van der Waals surface area contributed by atoms with Crippen molar-refractivity contribution in [2.24, 2.45) is 5.41 Å². The summed E-state index contributed by atoms with van der Waals surface area (Å²) >= 11 is 0. The number of rotatable bonds is 6. The number of hydrogen-bond acceptors (Lipinski definition) is 4. The summed E-state index contributed by atoms with van der Waals surface area (Å²) in [7, 11) is 2.20. The van der Waals surface area contributed by atoms with Crippen LogP contribution in [0, 0.1) is 19.3 Å². The molecule has 0 amide bonds. The molecule has 1 N–H and O–H groups in total. The first-order valence-electron chi connectivity index (χ1n) is 13.5. The summed E-state index contributed by atoms with van der Waals surface area (Å²) in [5.41, 5.74) is 2.47. The Morgan fingerprint density at radius 3 is 2.08 bits per heavy atom. The summed E-state index contributed by atoms with van der Waals surface area (Å²) in [6.45, 7) is 22.7. The van der Waals surface area contributed by atoms with Gasteiger partial charge in [-0.2, -0.15) is 18.3 Å². The molecule has 0 atom stereocenters. The van der Waals surface area contributed by atoms with Crippen LogP contribution < -0.4 is 15.8 Å². The van der Waals surface area contributed by atoms with E-state index in [-0.39, 0.29) is 12.1 Å². The minimum atomic E-state index is -4.37. The van der Waals surface area contributed by atoms with E-state index in [9.17, 15) is 13.2 Å². The zero-order valence-electron chi connectivity index (χ0n) is 24.8. The Labute approximate surface area is 227 Å². The number of anilines is 1. The first kappa shape index (κ1) is 33.4. The Hall–Kier alpha value is -2.67. The average molecular weight is 533 g/mol. The number of allylic oxidation sites excluding steroid dienone is 1. The van der Waals surface area contributed by atoms with Gasteiger partial charge in [-0.05, 0) is 76.3 Å². The molecule has 4 nitrogen and oxygen atoms in total. The number of nitrogens with zero attached hydrogens (tertiary/aromatic N) is 3. The second-order valence-corrected chi connectivity index (χ2v) is 10.3. The molecule has 1 aliphatic heterocycles. The molecular weight excluding hydrogens is 485 g/mol. The Morgan fingerprint density at radius 1 is 1.08 bits per heavy atom. The van der Waals surface area contributed by atoms with Gasteiger partial charge in [0, 0.05) is 30.1 Å². The lowest BCUT2D eigenvalue weighted by molar-refractivity contribution is -0.138. The maximum Gasteiger partial charge on any atom is 0.416 e. The molecule has 0 spiro atoms. The van der Waals surface area contributed by atoms with E-state index in [4.69, 9.17) is 0 Å². The van der Waals surface area contributed by atoms with Crippen molar-refractivity contribution in [3.63, 3.8) is 0 Å². The van der Waals surface area contributed by atoms with Gasteiger partial charge in [0.2, 0.25) is 0 Å². The number of hydrogen-bond donors (Lipinski definition) is 1. The molecule has 1 aromatic heterocycles. The van der Waals surface area contributed by atoms with Crippen LogP contribution in [0.1, 0.15) is 83.2 Å². The van der Waals surface area contributed by atoms with Gasteiger partial charge in [-0.15, -0.1) is 5.10 Å². The molecule has 3 rings (SSSR count). The summed E-state index contributed by atoms with van der Waals surface area (Å²) in [6.07, 6.45) is 3.41. The zero-order valence-corrected chi connectivity index (χ0v) is 24.8. The minimum Gasteiger partial charge on any atom is -0.364 e. The lowest BCUT2D eigenvalue weighted by Crippen LogP contribution is -2.53. The topological polar surface area (TPSA) is 41.1 Å². The minimum absolute atomic E-state index is 0.209. The fraction of sp³-hybridized carbons (Fsp3) is 0.548. The van der Waals surface area contributed by atoms with Gasteiger partial charge < -0.3 is 10.2 Å². The van der Waals surface area contributed by atoms with Gasteiger partial charge in [-0.3, -0.25) is 0 Å². The molecule has 0 radical (unpaired) electrons. The van der Waals surface area contributed by atoms with E-state index in [0.717, 1.165) is 27.8 Å². The normalized spacial score (nSPS) is 15.6. The molecule has 0 unspecified atom stereocenters. The number of aryl methyl sites for hydroxylation is 1. The van der Waals surface area contributed by atoms with Crippen LogP contribution in [0.3, 0.4) is 0 Å². The molecule has 0 bridgehead atoms. The van der Waals surface area contributed by atoms with Crippen molar-refractivity contribution in [2.45, 2.75) is 87.4 Å². The average Bonchev–Trinajstić information content (AvgIpc) is 2.82. The summed E-state index contributed by atoms with van der Waals surface area (Å²) in [5, 5.41) is 13.2. The van der Waals surface area contributed by atoms with E-state index in [1.165, 1.54) is 45.3 Å². The largest absolute Gasteiger partial charge is 0.416 e. The summed E-state index contributed by atoms with van der Waals surface area (Å²) in [5.74, 6) is 0.517. The molecule has 38 heavy (non-hydrogen) atoms. The number of benzene rings is 1. The molecule has 2 aromatic rings. The van der Waals surface area contributed by atoms with Crippen molar-refractivity contribution < 1.29 is 13.2 Å². The van der Waals surface area contributed by atoms with Gasteiger partial charge in [-0.1, -0.05) is 64.5 Å². The smallest absolute Gasteiger partial charge is 0.364 e. The van der Waals surface area contributed by atoms with Crippen molar-refractivity contribution in [1.29, 1.82) is 0 Å². The van der Waals surface area contributed by atoms with Crippen LogP contribution in [-0.2, 0) is 12.7 Å². The molecular formula is C31H47F3N4. The standard InChI is InChI=1S/C20H22F3N3.C8H17N.C3H8/c1-6-16-14(5)25-26-19(17(16)10-12(2)3)24-11-15-8-7-9-18(13(15)4)20(21,22)23;1-4-8(5-2)6-9(3)7-8;1-3-2/h6-10H,2,11H2,1,3-5H3,(H,24,26);4-7H2,1-3H3;3H2,1-2H3/b16-6-,17-10+;;. The highest BCUT2D eigenvalue weighted by Crippen LogP contribution is 2.35. The molecule has 0 aliphatic carbocycles. The maximum atomic E-state index is 13.1. The predicted octanol–water partition coefficient (Wildman–Crippen LogP) is 7.04. The number of likely N-dealkylation sites (tertiary alicyclic amines) is 1. The van der Waals surface area contributed by atoms with Crippen molar-refractivity contribution >= 4 is 18.0 Å². The van der Waals surface area contributed by atoms with E-state index >= 15 is 0 Å². The Balaban J connectivity index is 0.000000497. The second-order valence-electron chi connectivity index (χ2n) is 10.3. The Morgan fingerprint density at radius 2 is 1.66 bits per heavy atom. The van der Waals surface area contributed by atoms with E-state index in [0.29, 0.717) is 16.8 Å². The van der Waals surface area contributed by atoms with Gasteiger partial charge in [0.1, 0.15) is 0 Å². The quantitative estimate of drug-likeness (QED) is 0.433. The Kier molecular flexibility index (Phi) is 13.2. The third kappa shape index (κ3) is 9.26. The van der Waals surface area contributed by atoms with Crippen molar-refractivity contribution in [3.8, 4) is 0 Å². The number of aromatic nitrogens is 2. The molecule has 2 heterocycles. The molecule has 1 saturated heterocycles. The third-order valence-electron chi connectivity index (χ3n) is 6.82. The molecule has 212 valence electrons. The van der Waals surface area contributed by atoms with Gasteiger partial charge in [0.25, 0.3) is 0 Å². The van der Waals surface area contributed by atoms with Gasteiger partial charge >= 0.3 is 6.18 Å². The third-order valence-corrected chi connectivity index (χ3v) is 6.82. The number of nitrogens with one attached hydrogen (secondary N) is 1. The van der Waals surface area contributed by atoms with Gasteiger partial charge in [0.05, 0.1) is 11.3 Å². The van der Waals surface area contributed by atoms with Crippen LogP contribution in [0.25, 0.3) is 12.2 Å². The first-order chi connectivity index (χ1) is 17.8. The van der Waals surface area contributed by atoms with Gasteiger partial charge in [0.15, 0.2) is 5.82 Å². The highest BCUT2D eigenvalue weighted by molar-refractivity contribution is 5.53. The highest BCUT2D eigenvalue weighted by Gasteiger charge is 2.37. The zero-order chi connectivity index (χ0) is 29.1. The Bertz CT molecular complexity index is 1160. The maximum absolute atomic E-state index is 13.1. The van der Waals surface area contributed by atoms with E-state index in [1.807, 2.05) is 32.9 Å².